The molecule has 0 saturated heterocycles. The van der Waals surface area contributed by atoms with Crippen molar-refractivity contribution in [3.8, 4) is 0 Å². The lowest BCUT2D eigenvalue weighted by molar-refractivity contribution is 0.114. The van der Waals surface area contributed by atoms with Crippen molar-refractivity contribution in [2.24, 2.45) is 4.99 Å². The van der Waals surface area contributed by atoms with E-state index in [1.54, 1.807) is 6.08 Å². The van der Waals surface area contributed by atoms with Crippen LogP contribution in [0.25, 0.3) is 0 Å². The Kier molecular flexibility index (Phi) is 8.59. The molecule has 0 bridgehead atoms. The average molecular weight is 291 g/mol. The molecule has 0 heterocycles. The Morgan fingerprint density at radius 2 is 1.67 bits per heavy atom. The predicted molar refractivity (Wildman–Crippen MR) is 75.8 cm³/mol. The predicted octanol–water partition coefficient (Wildman–Crippen LogP) is 2.58. The van der Waals surface area contributed by atoms with E-state index in [1.807, 2.05) is 13.8 Å². The number of aliphatic imine (C=N–C) groups is 1. The minimum absolute atomic E-state index is 0.452. The lowest BCUT2D eigenvalue weighted by Gasteiger charge is -2.34. The summed E-state index contributed by atoms with van der Waals surface area (Å²) in [5.41, 5.74) is 0. The first-order chi connectivity index (χ1) is 8.39. The van der Waals surface area contributed by atoms with Crippen molar-refractivity contribution in [1.29, 1.82) is 0 Å². The quantitative estimate of drug-likeness (QED) is 0.269. The van der Waals surface area contributed by atoms with Crippen molar-refractivity contribution in [3.05, 3.63) is 0 Å². The summed E-state index contributed by atoms with van der Waals surface area (Å²) in [4.78, 5) is 13.6. The van der Waals surface area contributed by atoms with Gasteiger partial charge in [0.05, 0.1) is 6.54 Å². The van der Waals surface area contributed by atoms with E-state index >= 15 is 0 Å². The Hall–Kier alpha value is -0.306. The topological polar surface area (TPSA) is 57.1 Å². The Bertz CT molecular complexity index is 269. The van der Waals surface area contributed by atoms with Gasteiger partial charge in [-0.15, -0.1) is 0 Å². The fourth-order valence-electron chi connectivity index (χ4n) is 1.62. The zero-order valence-corrected chi connectivity index (χ0v) is 14.1. The maximum atomic E-state index is 10.0. The van der Waals surface area contributed by atoms with Crippen LogP contribution in [-0.2, 0) is 17.8 Å². The fraction of sp³-hybridized carbons (Fsp3) is 0.909. The molecule has 0 aromatic carbocycles. The molecule has 0 aromatic heterocycles. The molecule has 0 rings (SSSR count). The molecule has 0 atom stereocenters. The molecule has 0 N–H and O–H groups in total. The van der Waals surface area contributed by atoms with E-state index < -0.39 is 17.1 Å². The highest BCUT2D eigenvalue weighted by molar-refractivity contribution is 6.80. The van der Waals surface area contributed by atoms with Crippen LogP contribution in [0.3, 0.4) is 0 Å². The largest absolute Gasteiger partial charge is 0.490 e. The van der Waals surface area contributed by atoms with E-state index in [1.165, 1.54) is 0 Å². The van der Waals surface area contributed by atoms with Gasteiger partial charge in [0.25, 0.3) is 0 Å². The Balaban J connectivity index is 4.66. The Labute approximate surface area is 112 Å². The van der Waals surface area contributed by atoms with E-state index in [2.05, 4.69) is 24.6 Å². The number of hydrogen-bond donors (Lipinski definition) is 0. The maximum Gasteiger partial charge on any atom is 0.490 e. The van der Waals surface area contributed by atoms with Crippen LogP contribution in [0.1, 0.15) is 20.3 Å². The highest BCUT2D eigenvalue weighted by Gasteiger charge is 2.43. The molecular formula is C11H25NO4Si2. The van der Waals surface area contributed by atoms with Crippen molar-refractivity contribution >= 4 is 23.2 Å². The monoisotopic (exact) mass is 291 g/mol. The molecule has 0 amide bonds. The van der Waals surface area contributed by atoms with Crippen LogP contribution in [0.4, 0.5) is 0 Å². The summed E-state index contributed by atoms with van der Waals surface area (Å²) in [6.45, 7) is 11.9. The second-order valence-electron chi connectivity index (χ2n) is 4.84. The van der Waals surface area contributed by atoms with Gasteiger partial charge in [0.2, 0.25) is 6.08 Å². The molecule has 0 aliphatic heterocycles. The van der Waals surface area contributed by atoms with Gasteiger partial charge in [-0.25, -0.2) is 9.79 Å². The van der Waals surface area contributed by atoms with Crippen LogP contribution in [0.5, 0.6) is 0 Å². The second kappa shape index (κ2) is 8.74. The zero-order chi connectivity index (χ0) is 14.1. The van der Waals surface area contributed by atoms with Crippen LogP contribution < -0.4 is 0 Å². The van der Waals surface area contributed by atoms with Crippen LogP contribution in [0.15, 0.2) is 4.99 Å². The zero-order valence-electron chi connectivity index (χ0n) is 12.1. The van der Waals surface area contributed by atoms with Gasteiger partial charge in [-0.2, -0.15) is 0 Å². The van der Waals surface area contributed by atoms with Crippen molar-refractivity contribution in [2.75, 3.05) is 19.8 Å². The van der Waals surface area contributed by atoms with Gasteiger partial charge in [-0.05, 0) is 39.9 Å². The van der Waals surface area contributed by atoms with E-state index in [9.17, 15) is 4.79 Å². The minimum atomic E-state index is -2.61. The van der Waals surface area contributed by atoms with Crippen molar-refractivity contribution in [1.82, 2.24) is 0 Å². The van der Waals surface area contributed by atoms with Crippen molar-refractivity contribution in [2.45, 2.75) is 46.0 Å². The van der Waals surface area contributed by atoms with E-state index in [0.717, 1.165) is 6.42 Å². The highest BCUT2D eigenvalue weighted by atomic mass is 28.5. The molecule has 0 saturated carbocycles. The molecule has 0 unspecified atom stereocenters. The molecule has 106 valence electrons. The van der Waals surface area contributed by atoms with Gasteiger partial charge in [0.1, 0.15) is 0 Å². The molecule has 7 heteroatoms. The average Bonchev–Trinajstić information content (AvgIpc) is 2.23. The molecule has 0 aromatic rings. The van der Waals surface area contributed by atoms with Gasteiger partial charge in [-0.1, -0.05) is 0 Å². The van der Waals surface area contributed by atoms with Crippen LogP contribution >= 0.6 is 0 Å². The molecule has 0 fully saturated rings. The Morgan fingerprint density at radius 1 is 1.11 bits per heavy atom. The number of nitrogens with zero attached hydrogens (tertiary/aromatic N) is 1. The lowest BCUT2D eigenvalue weighted by atomic mass is 10.5. The third-order valence-corrected chi connectivity index (χ3v) is 8.12. The summed E-state index contributed by atoms with van der Waals surface area (Å²) in [7, 11) is -4.34. The number of rotatable bonds is 10. The van der Waals surface area contributed by atoms with E-state index in [4.69, 9.17) is 13.0 Å². The lowest BCUT2D eigenvalue weighted by Crippen LogP contribution is -2.52. The van der Waals surface area contributed by atoms with Crippen molar-refractivity contribution < 1.29 is 17.8 Å². The molecule has 18 heavy (non-hydrogen) atoms. The summed E-state index contributed by atoms with van der Waals surface area (Å²) in [6.07, 6.45) is 2.27. The Morgan fingerprint density at radius 3 is 2.06 bits per heavy atom. The van der Waals surface area contributed by atoms with Gasteiger partial charge < -0.3 is 13.0 Å². The van der Waals surface area contributed by atoms with E-state index in [0.29, 0.717) is 25.8 Å². The molecule has 0 spiro atoms. The van der Waals surface area contributed by atoms with Gasteiger partial charge in [0, 0.05) is 19.3 Å². The first-order valence-electron chi connectivity index (χ1n) is 6.41. The first kappa shape index (κ1) is 17.7. The normalized spacial score (nSPS) is 12.3. The summed E-state index contributed by atoms with van der Waals surface area (Å²) in [5.74, 6) is 0. The second-order valence-corrected chi connectivity index (χ2v) is 12.3. The SMILES string of the molecule is CCO[Si](CCCN=C=O)(OCC)O[Si](C)(C)C. The third kappa shape index (κ3) is 7.91. The minimum Gasteiger partial charge on any atom is -0.416 e. The molecule has 0 radical (unpaired) electrons. The van der Waals surface area contributed by atoms with E-state index in [-0.39, 0.29) is 0 Å². The standard InChI is InChI=1S/C11H25NO4Si2/c1-6-14-18(15-7-2,16-17(3,4)5)10-8-9-12-11-13/h6-10H2,1-5H3. The number of isocyanates is 1. The summed E-state index contributed by atoms with van der Waals surface area (Å²) >= 11 is 0. The maximum absolute atomic E-state index is 10.0. The summed E-state index contributed by atoms with van der Waals surface area (Å²) in [6, 6.07) is 0.699. The highest BCUT2D eigenvalue weighted by Crippen LogP contribution is 2.23. The summed E-state index contributed by atoms with van der Waals surface area (Å²) < 4.78 is 17.8. The van der Waals surface area contributed by atoms with Gasteiger partial charge >= 0.3 is 8.80 Å². The van der Waals surface area contributed by atoms with Crippen LogP contribution in [0, 0.1) is 0 Å². The molecule has 5 nitrogen and oxygen atoms in total. The number of hydrogen-bond acceptors (Lipinski definition) is 5. The van der Waals surface area contributed by atoms with Crippen LogP contribution in [0.2, 0.25) is 25.7 Å². The first-order valence-corrected chi connectivity index (χ1v) is 11.7. The molecular weight excluding hydrogens is 266 g/mol. The number of carbonyl (C=O) groups excluding carboxylic acids is 1. The molecule has 0 aliphatic carbocycles. The third-order valence-electron chi connectivity index (χ3n) is 2.01. The summed E-state index contributed by atoms with van der Waals surface area (Å²) in [5, 5.41) is 0. The van der Waals surface area contributed by atoms with Gasteiger partial charge in [-0.3, -0.25) is 0 Å². The molecule has 0 aliphatic rings. The van der Waals surface area contributed by atoms with Crippen molar-refractivity contribution in [3.63, 3.8) is 0 Å². The fourth-order valence-corrected chi connectivity index (χ4v) is 8.08. The smallest absolute Gasteiger partial charge is 0.416 e. The van der Waals surface area contributed by atoms with Crippen LogP contribution in [-0.4, -0.2) is 43.0 Å². The van der Waals surface area contributed by atoms with Gasteiger partial charge in [0.15, 0.2) is 8.32 Å².